The van der Waals surface area contributed by atoms with E-state index < -0.39 is 0 Å². The molecular weight excluding hydrogens is 697 g/mol. The number of benzene rings is 4. The third kappa shape index (κ3) is 9.24. The molecule has 1 saturated heterocycles. The van der Waals surface area contributed by atoms with E-state index in [1.165, 1.54) is 11.1 Å². The Morgan fingerprint density at radius 1 is 0.696 bits per heavy atom. The van der Waals surface area contributed by atoms with Crippen LogP contribution in [-0.4, -0.2) is 58.5 Å². The van der Waals surface area contributed by atoms with E-state index in [1.54, 1.807) is 0 Å². The number of fused-ring (bicyclic) bond motifs is 4. The minimum Gasteiger partial charge on any atom is -0.456 e. The molecule has 9 heteroatoms. The summed E-state index contributed by atoms with van der Waals surface area (Å²) in [6, 6.07) is 25.9. The van der Waals surface area contributed by atoms with Crippen molar-refractivity contribution in [2.75, 3.05) is 38.1 Å². The second-order valence-corrected chi connectivity index (χ2v) is 13.3. The van der Waals surface area contributed by atoms with E-state index in [9.17, 15) is 9.59 Å². The van der Waals surface area contributed by atoms with Crippen LogP contribution in [0.1, 0.15) is 52.2 Å². The highest BCUT2D eigenvalue weighted by molar-refractivity contribution is 6.02. The van der Waals surface area contributed by atoms with Crippen LogP contribution in [0.25, 0.3) is 44.1 Å². The van der Waals surface area contributed by atoms with E-state index in [4.69, 9.17) is 4.74 Å². The molecule has 2 N–H and O–H groups in total. The summed E-state index contributed by atoms with van der Waals surface area (Å²) in [5, 5.41) is 17.0. The summed E-state index contributed by atoms with van der Waals surface area (Å²) in [5.41, 5.74) is 7.10. The number of aromatic nitrogens is 4. The molecule has 2 aliphatic heterocycles. The molecule has 9 rings (SSSR count). The van der Waals surface area contributed by atoms with Crippen molar-refractivity contribution >= 4 is 27.2 Å². The number of aryl methyl sites for hydroxylation is 2. The molecule has 1 fully saturated rings. The van der Waals surface area contributed by atoms with Gasteiger partial charge in [0.05, 0.1) is 21.9 Å². The van der Waals surface area contributed by atoms with Gasteiger partial charge in [0.2, 0.25) is 0 Å². The van der Waals surface area contributed by atoms with Crippen LogP contribution in [0.5, 0.6) is 11.5 Å². The predicted molar refractivity (Wildman–Crippen MR) is 234 cm³/mol. The van der Waals surface area contributed by atoms with E-state index in [1.807, 2.05) is 101 Å². The lowest BCUT2D eigenvalue weighted by Crippen LogP contribution is -2.44. The molecule has 2 aromatic heterocycles. The first-order valence-corrected chi connectivity index (χ1v) is 19.5. The van der Waals surface area contributed by atoms with Crippen molar-refractivity contribution in [3.63, 3.8) is 0 Å². The Labute approximate surface area is 330 Å². The van der Waals surface area contributed by atoms with Gasteiger partial charge < -0.3 is 14.5 Å². The molecule has 0 atom stereocenters. The first-order valence-electron chi connectivity index (χ1n) is 19.5. The summed E-state index contributed by atoms with van der Waals surface area (Å²) in [4.78, 5) is 28.7. The summed E-state index contributed by atoms with van der Waals surface area (Å²) < 4.78 is 6.04. The van der Waals surface area contributed by atoms with Crippen molar-refractivity contribution in [2.24, 2.45) is 0 Å². The number of anilines is 1. The minimum atomic E-state index is -0.192. The van der Waals surface area contributed by atoms with Crippen molar-refractivity contribution in [3.8, 4) is 34.0 Å². The molecule has 0 amide bonds. The fraction of sp³-hybridized carbons (Fsp3) is 0.277. The molecule has 0 bridgehead atoms. The summed E-state index contributed by atoms with van der Waals surface area (Å²) >= 11 is 0. The van der Waals surface area contributed by atoms with Gasteiger partial charge in [-0.3, -0.25) is 9.59 Å². The van der Waals surface area contributed by atoms with Gasteiger partial charge >= 0.3 is 0 Å². The number of H-pyrrole nitrogens is 2. The summed E-state index contributed by atoms with van der Waals surface area (Å²) in [7, 11) is 2.15. The molecule has 56 heavy (non-hydrogen) atoms. The van der Waals surface area contributed by atoms with E-state index in [0.717, 1.165) is 95.6 Å². The molecule has 4 heterocycles. The quantitative estimate of drug-likeness (QED) is 0.173. The molecule has 6 aromatic rings. The van der Waals surface area contributed by atoms with Crippen LogP contribution in [-0.2, 0) is 12.8 Å². The lowest BCUT2D eigenvalue weighted by Gasteiger charge is -2.34. The summed E-state index contributed by atoms with van der Waals surface area (Å²) in [5.74, 6) is 1.46. The Morgan fingerprint density at radius 3 is 1.95 bits per heavy atom. The Kier molecular flexibility index (Phi) is 14.7. The number of nitrogens with one attached hydrogen (secondary N) is 2. The monoisotopic (exact) mass is 750 g/mol. The highest BCUT2D eigenvalue weighted by Crippen LogP contribution is 2.45. The highest BCUT2D eigenvalue weighted by Gasteiger charge is 2.24. The first kappa shape index (κ1) is 41.1. The summed E-state index contributed by atoms with van der Waals surface area (Å²) in [6.07, 6.45) is 12.9. The zero-order chi connectivity index (χ0) is 40.0. The molecular formula is C47H54N6O3. The van der Waals surface area contributed by atoms with Crippen molar-refractivity contribution in [2.45, 2.75) is 53.9 Å². The largest absolute Gasteiger partial charge is 0.456 e. The molecule has 0 spiro atoms. The third-order valence-corrected chi connectivity index (χ3v) is 9.79. The van der Waals surface area contributed by atoms with Crippen LogP contribution in [0.4, 0.5) is 5.69 Å². The van der Waals surface area contributed by atoms with Crippen LogP contribution in [0, 0.1) is 0 Å². The van der Waals surface area contributed by atoms with Gasteiger partial charge in [0.1, 0.15) is 17.2 Å². The number of likely N-dealkylation sites (N-methyl/N-ethyl adjacent to an activating group) is 1. The van der Waals surface area contributed by atoms with Crippen molar-refractivity contribution in [1.29, 1.82) is 0 Å². The van der Waals surface area contributed by atoms with Gasteiger partial charge in [0, 0.05) is 48.4 Å². The lowest BCUT2D eigenvalue weighted by molar-refractivity contribution is 0.313. The van der Waals surface area contributed by atoms with Gasteiger partial charge in [-0.05, 0) is 94.6 Å². The van der Waals surface area contributed by atoms with Crippen LogP contribution in [0.15, 0.2) is 125 Å². The maximum atomic E-state index is 12.1. The average Bonchev–Trinajstić information content (AvgIpc) is 3.41. The molecule has 290 valence electrons. The smallest absolute Gasteiger partial charge is 0.272 e. The van der Waals surface area contributed by atoms with Gasteiger partial charge in [-0.25, -0.2) is 10.2 Å². The zero-order valence-electron chi connectivity index (χ0n) is 33.6. The number of hydrogen-bond acceptors (Lipinski definition) is 7. The van der Waals surface area contributed by atoms with Crippen molar-refractivity contribution in [1.82, 2.24) is 25.3 Å². The van der Waals surface area contributed by atoms with Gasteiger partial charge in [-0.1, -0.05) is 86.7 Å². The number of aromatic amines is 2. The third-order valence-electron chi connectivity index (χ3n) is 9.79. The number of piperazine rings is 1. The lowest BCUT2D eigenvalue weighted by atomic mass is 10.00. The summed E-state index contributed by atoms with van der Waals surface area (Å²) in [6.45, 7) is 17.7. The van der Waals surface area contributed by atoms with Crippen molar-refractivity contribution < 1.29 is 4.74 Å². The predicted octanol–water partition coefficient (Wildman–Crippen LogP) is 9.88. The Morgan fingerprint density at radius 2 is 1.30 bits per heavy atom. The van der Waals surface area contributed by atoms with Crippen molar-refractivity contribution in [3.05, 3.63) is 148 Å². The van der Waals surface area contributed by atoms with E-state index in [2.05, 4.69) is 86.3 Å². The van der Waals surface area contributed by atoms with Crippen LogP contribution in [0.2, 0.25) is 0 Å². The molecule has 0 radical (unpaired) electrons. The van der Waals surface area contributed by atoms with Gasteiger partial charge in [-0.15, -0.1) is 6.58 Å². The molecule has 3 aliphatic rings. The number of rotatable bonds is 3. The fourth-order valence-electron chi connectivity index (χ4n) is 6.81. The highest BCUT2D eigenvalue weighted by atomic mass is 16.5. The normalized spacial score (nSPS) is 13.6. The maximum Gasteiger partial charge on any atom is 0.272 e. The standard InChI is InChI=1S/C19H18N4O2.C16H12N2O.C6H10.C4H8.C2H6/c1-22-7-9-23(10-8-22)12-5-6-15-14(11-12)18-17-13(19(24)21-20-18)3-2-4-16(17)25-15;19-16-13-7-3-5-11-9-8-10-4-1-2-6-12(10)15(14(11)13)17-18-16;1-3-5-6-4-2;1-3-4-2;1-2/h2-6,11H,7-10H2,1H3,(H,21,24);1-7H,8-9H2,(H,18,19);3-4,6H,1,5H2,2H3;3-4H,1-2H3;1-2H3/b;;6-4-;4-3-;. The molecule has 9 nitrogen and oxygen atoms in total. The maximum absolute atomic E-state index is 12.1. The molecule has 0 saturated carbocycles. The topological polar surface area (TPSA) is 107 Å². The number of allylic oxidation sites excluding steroid dienone is 5. The Bertz CT molecular complexity index is 2430. The van der Waals surface area contributed by atoms with Crippen LogP contribution >= 0.6 is 0 Å². The van der Waals surface area contributed by atoms with Crippen LogP contribution in [0.3, 0.4) is 0 Å². The average molecular weight is 751 g/mol. The second-order valence-electron chi connectivity index (χ2n) is 13.3. The van der Waals surface area contributed by atoms with E-state index in [-0.39, 0.29) is 11.1 Å². The molecule has 0 unspecified atom stereocenters. The zero-order valence-corrected chi connectivity index (χ0v) is 33.6. The second kappa shape index (κ2) is 20.0. The minimum absolute atomic E-state index is 0.111. The number of hydrogen-bond donors (Lipinski definition) is 2. The Balaban J connectivity index is 0.000000171. The van der Waals surface area contributed by atoms with Gasteiger partial charge in [0.15, 0.2) is 0 Å². The van der Waals surface area contributed by atoms with Crippen LogP contribution < -0.4 is 20.8 Å². The molecule has 4 aromatic carbocycles. The van der Waals surface area contributed by atoms with Gasteiger partial charge in [0.25, 0.3) is 11.1 Å². The SMILES string of the molecule is C/C=C\C.C=CC/C=C\C.CC.CN1CCN(c2ccc3c(c2)-c2n[nH]c(=O)c4cccc(c24)O3)CC1.O=c1[nH]nc2c3c(cccc13)CCc1ccccc1-2. The number of ether oxygens (including phenoxy) is 1. The number of nitrogens with zero attached hydrogens (tertiary/aromatic N) is 4. The first-order chi connectivity index (χ1) is 27.4. The van der Waals surface area contributed by atoms with E-state index in [0.29, 0.717) is 11.1 Å². The fourth-order valence-corrected chi connectivity index (χ4v) is 6.81. The van der Waals surface area contributed by atoms with Gasteiger partial charge in [-0.2, -0.15) is 10.2 Å². The Hall–Kier alpha value is -6.06. The van der Waals surface area contributed by atoms with E-state index >= 15 is 0 Å². The molecule has 1 aliphatic carbocycles.